The quantitative estimate of drug-likeness (QED) is 0.229. The minimum absolute atomic E-state index is 0.0621. The molecule has 0 aliphatic heterocycles. The molecule has 208 valence electrons. The Kier molecular flexibility index (Phi) is 9.58. The number of aryl methyl sites for hydroxylation is 1. The van der Waals surface area contributed by atoms with Crippen LogP contribution in [0.25, 0.3) is 10.6 Å². The second kappa shape index (κ2) is 13.5. The second-order valence-electron chi connectivity index (χ2n) is 8.79. The Morgan fingerprint density at radius 2 is 1.57 bits per heavy atom. The van der Waals surface area contributed by atoms with Gasteiger partial charge in [0.15, 0.2) is 0 Å². The van der Waals surface area contributed by atoms with Crippen LogP contribution < -0.4 is 18.9 Å². The summed E-state index contributed by atoms with van der Waals surface area (Å²) in [7, 11) is 3.18. The van der Waals surface area contributed by atoms with Crippen LogP contribution in [0.2, 0.25) is 0 Å². The summed E-state index contributed by atoms with van der Waals surface area (Å²) in [5.41, 5.74) is 2.73. The number of aromatic nitrogens is 1. The number of hydrogen-bond acceptors (Lipinski definition) is 8. The molecule has 1 amide bonds. The van der Waals surface area contributed by atoms with E-state index in [1.54, 1.807) is 67.0 Å². The Balaban J connectivity index is 1.32. The SMILES string of the molecule is COc1ccc(OC(=O)N(CC(=O)O)Cc2ccc(OCCc3nc(-c4cccc(OC)c4)sc3C)cc2)cc1. The number of rotatable bonds is 12. The zero-order valence-corrected chi connectivity index (χ0v) is 23.3. The number of aliphatic carboxylic acids is 1. The van der Waals surface area contributed by atoms with Crippen molar-refractivity contribution in [3.8, 4) is 33.6 Å². The minimum Gasteiger partial charge on any atom is -0.497 e. The lowest BCUT2D eigenvalue weighted by Crippen LogP contribution is -2.37. The summed E-state index contributed by atoms with van der Waals surface area (Å²) < 4.78 is 21.7. The molecule has 10 heteroatoms. The highest BCUT2D eigenvalue weighted by atomic mass is 32.1. The van der Waals surface area contributed by atoms with Gasteiger partial charge in [-0.1, -0.05) is 24.3 Å². The Morgan fingerprint density at radius 1 is 0.900 bits per heavy atom. The van der Waals surface area contributed by atoms with E-state index in [4.69, 9.17) is 23.9 Å². The van der Waals surface area contributed by atoms with E-state index in [9.17, 15) is 14.7 Å². The maximum atomic E-state index is 12.7. The predicted octanol–water partition coefficient (Wildman–Crippen LogP) is 5.84. The summed E-state index contributed by atoms with van der Waals surface area (Å²) in [6.45, 7) is 2.05. The monoisotopic (exact) mass is 562 g/mol. The zero-order valence-electron chi connectivity index (χ0n) is 22.5. The van der Waals surface area contributed by atoms with Gasteiger partial charge in [0.05, 0.1) is 26.5 Å². The first kappa shape index (κ1) is 28.4. The third kappa shape index (κ3) is 7.73. The zero-order chi connectivity index (χ0) is 28.5. The summed E-state index contributed by atoms with van der Waals surface area (Å²) in [5.74, 6) is 1.22. The molecule has 1 heterocycles. The van der Waals surface area contributed by atoms with Gasteiger partial charge in [0.2, 0.25) is 0 Å². The van der Waals surface area contributed by atoms with Crippen LogP contribution in [0, 0.1) is 6.92 Å². The Bertz CT molecular complexity index is 1440. The molecule has 0 spiro atoms. The number of carboxylic acids is 1. The minimum atomic E-state index is -1.14. The molecule has 3 aromatic carbocycles. The number of hydrogen-bond donors (Lipinski definition) is 1. The van der Waals surface area contributed by atoms with Crippen LogP contribution in [0.5, 0.6) is 23.0 Å². The van der Waals surface area contributed by atoms with Crippen LogP contribution >= 0.6 is 11.3 Å². The number of carbonyl (C=O) groups is 2. The lowest BCUT2D eigenvalue weighted by Gasteiger charge is -2.20. The van der Waals surface area contributed by atoms with Gasteiger partial charge in [0.25, 0.3) is 0 Å². The van der Waals surface area contributed by atoms with Gasteiger partial charge in [-0.15, -0.1) is 11.3 Å². The number of carboxylic acid groups (broad SMARTS) is 1. The van der Waals surface area contributed by atoms with Crippen molar-refractivity contribution in [2.45, 2.75) is 19.9 Å². The summed E-state index contributed by atoms with van der Waals surface area (Å²) in [6, 6.07) is 21.5. The predicted molar refractivity (Wildman–Crippen MR) is 152 cm³/mol. The van der Waals surface area contributed by atoms with Crippen molar-refractivity contribution in [1.82, 2.24) is 9.88 Å². The van der Waals surface area contributed by atoms with Gasteiger partial charge in [-0.3, -0.25) is 9.69 Å². The number of amides is 1. The topological polar surface area (TPSA) is 107 Å². The summed E-state index contributed by atoms with van der Waals surface area (Å²) in [6.07, 6.45) is -0.114. The van der Waals surface area contributed by atoms with E-state index in [1.807, 2.05) is 31.2 Å². The molecule has 0 aliphatic rings. The highest BCUT2D eigenvalue weighted by Gasteiger charge is 2.20. The first-order valence-corrected chi connectivity index (χ1v) is 13.3. The Hall–Kier alpha value is -4.57. The van der Waals surface area contributed by atoms with Crippen LogP contribution in [-0.4, -0.2) is 54.4 Å². The molecule has 0 saturated heterocycles. The fourth-order valence-corrected chi connectivity index (χ4v) is 4.83. The van der Waals surface area contributed by atoms with Crippen LogP contribution in [0.1, 0.15) is 16.1 Å². The van der Waals surface area contributed by atoms with Gasteiger partial charge in [0, 0.05) is 23.4 Å². The Morgan fingerprint density at radius 3 is 2.25 bits per heavy atom. The molecule has 0 radical (unpaired) electrons. The molecule has 9 nitrogen and oxygen atoms in total. The number of carbonyl (C=O) groups excluding carboxylic acids is 1. The summed E-state index contributed by atoms with van der Waals surface area (Å²) in [4.78, 5) is 31.1. The normalized spacial score (nSPS) is 10.6. The van der Waals surface area contributed by atoms with Crippen molar-refractivity contribution in [3.63, 3.8) is 0 Å². The molecule has 0 atom stereocenters. The van der Waals surface area contributed by atoms with Crippen molar-refractivity contribution in [2.24, 2.45) is 0 Å². The lowest BCUT2D eigenvalue weighted by atomic mass is 10.2. The van der Waals surface area contributed by atoms with Gasteiger partial charge in [-0.2, -0.15) is 0 Å². The fraction of sp³-hybridized carbons (Fsp3) is 0.233. The molecule has 4 rings (SSSR count). The van der Waals surface area contributed by atoms with Gasteiger partial charge >= 0.3 is 12.1 Å². The maximum Gasteiger partial charge on any atom is 0.416 e. The number of thiazole rings is 1. The highest BCUT2D eigenvalue weighted by Crippen LogP contribution is 2.30. The largest absolute Gasteiger partial charge is 0.497 e. The molecule has 0 aliphatic carbocycles. The molecule has 0 saturated carbocycles. The average molecular weight is 563 g/mol. The van der Waals surface area contributed by atoms with Crippen LogP contribution in [0.3, 0.4) is 0 Å². The van der Waals surface area contributed by atoms with Crippen molar-refractivity contribution in [2.75, 3.05) is 27.4 Å². The number of ether oxygens (including phenoxy) is 4. The van der Waals surface area contributed by atoms with Gasteiger partial charge in [-0.05, 0) is 61.0 Å². The number of benzene rings is 3. The number of methoxy groups -OCH3 is 2. The van der Waals surface area contributed by atoms with Crippen molar-refractivity contribution in [3.05, 3.63) is 88.9 Å². The highest BCUT2D eigenvalue weighted by molar-refractivity contribution is 7.15. The molecular formula is C30H30N2O7S. The first-order valence-electron chi connectivity index (χ1n) is 12.5. The molecule has 0 fully saturated rings. The second-order valence-corrected chi connectivity index (χ2v) is 9.99. The summed E-state index contributed by atoms with van der Waals surface area (Å²) in [5, 5.41) is 10.2. The van der Waals surface area contributed by atoms with Crippen LogP contribution in [0.4, 0.5) is 4.79 Å². The molecule has 0 unspecified atom stereocenters. The van der Waals surface area contributed by atoms with E-state index in [2.05, 4.69) is 0 Å². The average Bonchev–Trinajstić information content (AvgIpc) is 3.34. The maximum absolute atomic E-state index is 12.7. The standard InChI is InChI=1S/C30H30N2O7S/c1-20-27(31-29(40-20)22-5-4-6-26(17-22)37-3)15-16-38-24-9-7-21(8-10-24)18-32(19-28(33)34)30(35)39-25-13-11-23(36-2)12-14-25/h4-14,17H,15-16,18-19H2,1-3H3,(H,33,34). The van der Waals surface area contributed by atoms with Crippen LogP contribution in [0.15, 0.2) is 72.8 Å². The third-order valence-electron chi connectivity index (χ3n) is 5.96. The molecule has 1 N–H and O–H groups in total. The van der Waals surface area contributed by atoms with E-state index in [0.29, 0.717) is 24.5 Å². The van der Waals surface area contributed by atoms with Crippen molar-refractivity contribution in [1.29, 1.82) is 0 Å². The van der Waals surface area contributed by atoms with E-state index >= 15 is 0 Å². The summed E-state index contributed by atoms with van der Waals surface area (Å²) >= 11 is 1.64. The molecular weight excluding hydrogens is 532 g/mol. The lowest BCUT2D eigenvalue weighted by molar-refractivity contribution is -0.138. The van der Waals surface area contributed by atoms with Crippen LogP contribution in [-0.2, 0) is 17.8 Å². The molecule has 0 bridgehead atoms. The van der Waals surface area contributed by atoms with E-state index in [-0.39, 0.29) is 12.3 Å². The number of nitrogens with zero attached hydrogens (tertiary/aromatic N) is 2. The van der Waals surface area contributed by atoms with E-state index in [0.717, 1.165) is 37.4 Å². The molecule has 4 aromatic rings. The van der Waals surface area contributed by atoms with Gasteiger partial charge in [0.1, 0.15) is 34.6 Å². The smallest absolute Gasteiger partial charge is 0.416 e. The Labute approximate surface area is 236 Å². The van der Waals surface area contributed by atoms with Gasteiger partial charge < -0.3 is 24.1 Å². The van der Waals surface area contributed by atoms with Crippen molar-refractivity contribution >= 4 is 23.4 Å². The molecule has 1 aromatic heterocycles. The fourth-order valence-electron chi connectivity index (χ4n) is 3.87. The van der Waals surface area contributed by atoms with Gasteiger partial charge in [-0.25, -0.2) is 9.78 Å². The van der Waals surface area contributed by atoms with E-state index < -0.39 is 18.6 Å². The third-order valence-corrected chi connectivity index (χ3v) is 7.02. The first-order chi connectivity index (χ1) is 19.3. The van der Waals surface area contributed by atoms with E-state index in [1.165, 1.54) is 7.11 Å². The molecule has 40 heavy (non-hydrogen) atoms. The van der Waals surface area contributed by atoms with Crippen molar-refractivity contribution < 1.29 is 33.6 Å².